The highest BCUT2D eigenvalue weighted by molar-refractivity contribution is 5.79. The number of likely N-dealkylation sites (tertiary alicyclic amines) is 1. The van der Waals surface area contributed by atoms with Gasteiger partial charge in [-0.15, -0.1) is 0 Å². The Morgan fingerprint density at radius 3 is 2.85 bits per heavy atom. The van der Waals surface area contributed by atoms with Gasteiger partial charge in [-0.3, -0.25) is 9.67 Å². The predicted molar refractivity (Wildman–Crippen MR) is 107 cm³/mol. The number of aliphatic imine (C=N–C) groups is 1. The second kappa shape index (κ2) is 10.7. The fourth-order valence-electron chi connectivity index (χ4n) is 3.84. The van der Waals surface area contributed by atoms with Crippen LogP contribution in [0.4, 0.5) is 0 Å². The molecule has 0 amide bonds. The van der Waals surface area contributed by atoms with E-state index in [4.69, 9.17) is 9.47 Å². The van der Waals surface area contributed by atoms with E-state index in [0.29, 0.717) is 12.2 Å². The zero-order chi connectivity index (χ0) is 18.9. The maximum atomic E-state index is 6.11. The average Bonchev–Trinajstić information content (AvgIpc) is 3.13. The lowest BCUT2D eigenvalue weighted by Crippen LogP contribution is -2.47. The summed E-state index contributed by atoms with van der Waals surface area (Å²) >= 11 is 0. The van der Waals surface area contributed by atoms with Gasteiger partial charge in [0.15, 0.2) is 5.96 Å². The van der Waals surface area contributed by atoms with Gasteiger partial charge in [0.25, 0.3) is 0 Å². The van der Waals surface area contributed by atoms with Gasteiger partial charge in [0.05, 0.1) is 25.0 Å². The van der Waals surface area contributed by atoms with Gasteiger partial charge < -0.3 is 19.7 Å². The van der Waals surface area contributed by atoms with Crippen molar-refractivity contribution in [1.29, 1.82) is 0 Å². The van der Waals surface area contributed by atoms with Crippen molar-refractivity contribution in [3.05, 3.63) is 18.0 Å². The molecule has 3 heterocycles. The molecule has 1 atom stereocenters. The highest BCUT2D eigenvalue weighted by Gasteiger charge is 2.23. The molecule has 1 aromatic heterocycles. The molecule has 0 aliphatic carbocycles. The van der Waals surface area contributed by atoms with E-state index in [1.807, 2.05) is 25.0 Å². The Morgan fingerprint density at radius 2 is 2.19 bits per heavy atom. The first kappa shape index (κ1) is 20.1. The van der Waals surface area contributed by atoms with Crippen LogP contribution in [-0.2, 0) is 22.9 Å². The summed E-state index contributed by atoms with van der Waals surface area (Å²) in [6.07, 6.45) is 12.5. The summed E-state index contributed by atoms with van der Waals surface area (Å²) in [4.78, 5) is 6.81. The number of nitrogens with zero attached hydrogens (tertiary/aromatic N) is 4. The Labute approximate surface area is 163 Å². The number of nitrogens with one attached hydrogen (secondary N) is 1. The first-order valence-corrected chi connectivity index (χ1v) is 10.4. The lowest BCUT2D eigenvalue weighted by atomic mass is 10.1. The van der Waals surface area contributed by atoms with Crippen molar-refractivity contribution in [3.8, 4) is 0 Å². The number of ether oxygens (including phenoxy) is 2. The Kier molecular flexibility index (Phi) is 7.95. The molecule has 27 heavy (non-hydrogen) atoms. The molecule has 0 aromatic carbocycles. The maximum absolute atomic E-state index is 6.11. The lowest BCUT2D eigenvalue weighted by molar-refractivity contribution is -0.0721. The fourth-order valence-corrected chi connectivity index (χ4v) is 3.84. The van der Waals surface area contributed by atoms with E-state index < -0.39 is 0 Å². The summed E-state index contributed by atoms with van der Waals surface area (Å²) in [6.45, 7) is 4.58. The van der Waals surface area contributed by atoms with E-state index in [9.17, 15) is 0 Å². The zero-order valence-corrected chi connectivity index (χ0v) is 16.9. The van der Waals surface area contributed by atoms with Crippen LogP contribution in [0.15, 0.2) is 17.4 Å². The van der Waals surface area contributed by atoms with Gasteiger partial charge in [-0.25, -0.2) is 0 Å². The molecule has 2 saturated heterocycles. The standard InChI is InChI=1S/C20H35N5O2/c1-21-20(22-10-5-6-17-14-23-24(2)15-17)25-11-8-18(9-12-25)27-16-19-7-3-4-13-26-19/h14-15,18-19H,3-13,16H2,1-2H3,(H,21,22). The van der Waals surface area contributed by atoms with Crippen molar-refractivity contribution in [3.63, 3.8) is 0 Å². The molecular weight excluding hydrogens is 342 g/mol. The van der Waals surface area contributed by atoms with E-state index in [0.717, 1.165) is 70.9 Å². The number of guanidine groups is 1. The van der Waals surface area contributed by atoms with Gasteiger partial charge in [-0.2, -0.15) is 5.10 Å². The molecule has 3 rings (SSSR count). The number of aromatic nitrogens is 2. The van der Waals surface area contributed by atoms with E-state index in [2.05, 4.69) is 26.5 Å². The van der Waals surface area contributed by atoms with Gasteiger partial charge in [0, 0.05) is 46.5 Å². The van der Waals surface area contributed by atoms with Crippen LogP contribution in [0.25, 0.3) is 0 Å². The summed E-state index contributed by atoms with van der Waals surface area (Å²) < 4.78 is 13.7. The molecule has 1 N–H and O–H groups in total. The number of aryl methyl sites for hydroxylation is 2. The summed E-state index contributed by atoms with van der Waals surface area (Å²) in [6, 6.07) is 0. The molecule has 2 aliphatic heterocycles. The molecule has 152 valence electrons. The van der Waals surface area contributed by atoms with E-state index in [1.54, 1.807) is 0 Å². The molecule has 0 radical (unpaired) electrons. The van der Waals surface area contributed by atoms with Crippen LogP contribution in [0.2, 0.25) is 0 Å². The van der Waals surface area contributed by atoms with Crippen LogP contribution < -0.4 is 5.32 Å². The SMILES string of the molecule is CN=C(NCCCc1cnn(C)c1)N1CCC(OCC2CCCCO2)CC1. The third kappa shape index (κ3) is 6.50. The molecule has 2 fully saturated rings. The normalized spacial score (nSPS) is 22.2. The monoisotopic (exact) mass is 377 g/mol. The van der Waals surface area contributed by atoms with Crippen molar-refractivity contribution in [2.24, 2.45) is 12.0 Å². The smallest absolute Gasteiger partial charge is 0.193 e. The van der Waals surface area contributed by atoms with Gasteiger partial charge in [0.2, 0.25) is 0 Å². The molecule has 1 aromatic rings. The number of hydrogen-bond donors (Lipinski definition) is 1. The fraction of sp³-hybridized carbons (Fsp3) is 0.800. The molecule has 1 unspecified atom stereocenters. The highest BCUT2D eigenvalue weighted by Crippen LogP contribution is 2.18. The third-order valence-electron chi connectivity index (χ3n) is 5.43. The summed E-state index contributed by atoms with van der Waals surface area (Å²) in [5.41, 5.74) is 1.29. The molecule has 0 bridgehead atoms. The van der Waals surface area contributed by atoms with Crippen LogP contribution in [0, 0.1) is 0 Å². The minimum Gasteiger partial charge on any atom is -0.376 e. The summed E-state index contributed by atoms with van der Waals surface area (Å²) in [5, 5.41) is 7.72. The van der Waals surface area contributed by atoms with Crippen molar-refractivity contribution < 1.29 is 9.47 Å². The molecule has 0 saturated carbocycles. The van der Waals surface area contributed by atoms with Crippen molar-refractivity contribution >= 4 is 5.96 Å². The minimum absolute atomic E-state index is 0.311. The minimum atomic E-state index is 0.311. The predicted octanol–water partition coefficient (Wildman–Crippen LogP) is 1.98. The van der Waals surface area contributed by atoms with Crippen LogP contribution in [0.1, 0.15) is 44.1 Å². The number of rotatable bonds is 7. The Bertz CT molecular complexity index is 575. The molecular formula is C20H35N5O2. The first-order valence-electron chi connectivity index (χ1n) is 10.4. The molecule has 0 spiro atoms. The molecule has 2 aliphatic rings. The lowest BCUT2D eigenvalue weighted by Gasteiger charge is -2.35. The first-order chi connectivity index (χ1) is 13.2. The van der Waals surface area contributed by atoms with Crippen molar-refractivity contribution in [1.82, 2.24) is 20.0 Å². The van der Waals surface area contributed by atoms with E-state index in [1.165, 1.54) is 18.4 Å². The highest BCUT2D eigenvalue weighted by atomic mass is 16.5. The quantitative estimate of drug-likeness (QED) is 0.447. The summed E-state index contributed by atoms with van der Waals surface area (Å²) in [7, 11) is 3.82. The van der Waals surface area contributed by atoms with Gasteiger partial charge in [0.1, 0.15) is 0 Å². The topological polar surface area (TPSA) is 63.9 Å². The van der Waals surface area contributed by atoms with Crippen molar-refractivity contribution in [2.45, 2.75) is 57.2 Å². The average molecular weight is 378 g/mol. The molecule has 7 heteroatoms. The second-order valence-corrected chi connectivity index (χ2v) is 7.61. The third-order valence-corrected chi connectivity index (χ3v) is 5.43. The zero-order valence-electron chi connectivity index (χ0n) is 16.9. The largest absolute Gasteiger partial charge is 0.376 e. The molecule has 7 nitrogen and oxygen atoms in total. The summed E-state index contributed by atoms with van der Waals surface area (Å²) in [5.74, 6) is 1.01. The van der Waals surface area contributed by atoms with Crippen LogP contribution in [0.5, 0.6) is 0 Å². The Hall–Kier alpha value is -1.60. The van der Waals surface area contributed by atoms with E-state index in [-0.39, 0.29) is 0 Å². The Morgan fingerprint density at radius 1 is 1.33 bits per heavy atom. The van der Waals surface area contributed by atoms with Crippen molar-refractivity contribution in [2.75, 3.05) is 39.9 Å². The number of piperidine rings is 1. The van der Waals surface area contributed by atoms with Gasteiger partial charge in [-0.1, -0.05) is 0 Å². The van der Waals surface area contributed by atoms with Crippen LogP contribution >= 0.6 is 0 Å². The van der Waals surface area contributed by atoms with Crippen LogP contribution in [0.3, 0.4) is 0 Å². The van der Waals surface area contributed by atoms with E-state index >= 15 is 0 Å². The Balaban J connectivity index is 1.30. The van der Waals surface area contributed by atoms with Gasteiger partial charge in [-0.05, 0) is 50.5 Å². The maximum Gasteiger partial charge on any atom is 0.193 e. The second-order valence-electron chi connectivity index (χ2n) is 7.61. The van der Waals surface area contributed by atoms with Crippen LogP contribution in [-0.4, -0.2) is 72.7 Å². The van der Waals surface area contributed by atoms with Gasteiger partial charge >= 0.3 is 0 Å². The number of hydrogen-bond acceptors (Lipinski definition) is 4.